The number of imide groups is 1. The molecule has 2 fully saturated rings. The van der Waals surface area contributed by atoms with Crippen molar-refractivity contribution in [3.8, 4) is 0 Å². The first-order valence-electron chi connectivity index (χ1n) is 13.7. The van der Waals surface area contributed by atoms with Crippen LogP contribution in [0.4, 0.5) is 0 Å². The molecule has 3 unspecified atom stereocenters. The molecule has 39 heavy (non-hydrogen) atoms. The first-order chi connectivity index (χ1) is 18.9. The summed E-state index contributed by atoms with van der Waals surface area (Å²) in [4.78, 5) is 41.3. The molecule has 6 rings (SSSR count). The number of rotatable bonds is 6. The topological polar surface area (TPSA) is 90.0 Å². The molecule has 3 aromatic rings. The Morgan fingerprint density at radius 2 is 1.64 bits per heavy atom. The monoisotopic (exact) mass is 523 g/mol. The summed E-state index contributed by atoms with van der Waals surface area (Å²) in [6, 6.07) is 25.7. The van der Waals surface area contributed by atoms with Crippen LogP contribution in [0.2, 0.25) is 0 Å². The van der Waals surface area contributed by atoms with E-state index in [-0.39, 0.29) is 24.2 Å². The van der Waals surface area contributed by atoms with Crippen LogP contribution in [0.25, 0.3) is 0 Å². The van der Waals surface area contributed by atoms with E-state index in [1.54, 1.807) is 11.0 Å². The van der Waals surface area contributed by atoms with Gasteiger partial charge in [-0.15, -0.1) is 0 Å². The van der Waals surface area contributed by atoms with Gasteiger partial charge in [-0.05, 0) is 47.6 Å². The van der Waals surface area contributed by atoms with Crippen molar-refractivity contribution in [3.05, 3.63) is 107 Å². The highest BCUT2D eigenvalue weighted by atomic mass is 16.3. The van der Waals surface area contributed by atoms with Gasteiger partial charge < -0.3 is 10.0 Å². The first kappa shape index (κ1) is 25.5. The Morgan fingerprint density at radius 1 is 0.923 bits per heavy atom. The zero-order valence-corrected chi connectivity index (χ0v) is 21.9. The molecule has 0 aliphatic carbocycles. The Morgan fingerprint density at radius 3 is 2.36 bits per heavy atom. The lowest BCUT2D eigenvalue weighted by Gasteiger charge is -2.45. The van der Waals surface area contributed by atoms with Gasteiger partial charge in [0.15, 0.2) is 0 Å². The van der Waals surface area contributed by atoms with Crippen molar-refractivity contribution in [2.24, 2.45) is 5.92 Å². The third-order valence-electron chi connectivity index (χ3n) is 8.56. The quantitative estimate of drug-likeness (QED) is 0.484. The van der Waals surface area contributed by atoms with Crippen LogP contribution in [0.3, 0.4) is 0 Å². The Hall–Kier alpha value is -3.81. The van der Waals surface area contributed by atoms with Gasteiger partial charge in [-0.3, -0.25) is 24.6 Å². The first-order valence-corrected chi connectivity index (χ1v) is 13.7. The van der Waals surface area contributed by atoms with Crippen LogP contribution >= 0.6 is 0 Å². The van der Waals surface area contributed by atoms with E-state index in [2.05, 4.69) is 46.6 Å². The van der Waals surface area contributed by atoms with Gasteiger partial charge in [0, 0.05) is 44.1 Å². The van der Waals surface area contributed by atoms with Gasteiger partial charge in [0.1, 0.15) is 6.04 Å². The number of carbonyl (C=O) groups excluding carboxylic acids is 3. The summed E-state index contributed by atoms with van der Waals surface area (Å²) < 4.78 is 0. The largest absolute Gasteiger partial charge is 0.385 e. The number of fused-ring (bicyclic) bond motifs is 1. The molecule has 200 valence electrons. The third kappa shape index (κ3) is 5.00. The highest BCUT2D eigenvalue weighted by molar-refractivity contribution is 6.05. The van der Waals surface area contributed by atoms with Gasteiger partial charge >= 0.3 is 0 Å². The van der Waals surface area contributed by atoms with E-state index in [4.69, 9.17) is 0 Å². The summed E-state index contributed by atoms with van der Waals surface area (Å²) in [6.07, 6.45) is 1.88. The SMILES string of the molecule is O=C1CCC(N2Cc3cc(C4(O)CCN(Cc5ccccc5)CC4Cc4ccccc4)ccc3C2=O)C(=O)N1. The van der Waals surface area contributed by atoms with E-state index in [9.17, 15) is 19.5 Å². The number of carbonyl (C=O) groups is 3. The van der Waals surface area contributed by atoms with E-state index >= 15 is 0 Å². The van der Waals surface area contributed by atoms with Crippen molar-refractivity contribution in [1.29, 1.82) is 0 Å². The molecule has 3 atom stereocenters. The van der Waals surface area contributed by atoms with Crippen LogP contribution in [0.5, 0.6) is 0 Å². The number of nitrogens with one attached hydrogen (secondary N) is 1. The Bertz CT molecular complexity index is 1390. The molecule has 2 N–H and O–H groups in total. The van der Waals surface area contributed by atoms with Crippen LogP contribution in [0.15, 0.2) is 78.9 Å². The fraction of sp³-hybridized carbons (Fsp3) is 0.344. The highest BCUT2D eigenvalue weighted by Gasteiger charge is 2.44. The number of piperidine rings is 2. The minimum Gasteiger partial charge on any atom is -0.385 e. The van der Waals surface area contributed by atoms with Crippen molar-refractivity contribution < 1.29 is 19.5 Å². The standard InChI is InChI=1S/C32H33N3O4/c36-29-14-13-28(30(37)33-29)35-20-24-18-25(11-12-27(24)31(35)38)32(39)15-16-34(19-23-9-5-2-6-10-23)21-26(32)17-22-7-3-1-4-8-22/h1-12,18,26,28,39H,13-17,19-21H2,(H,33,36,37). The van der Waals surface area contributed by atoms with Gasteiger partial charge in [0.2, 0.25) is 11.8 Å². The maximum Gasteiger partial charge on any atom is 0.255 e. The number of hydrogen-bond donors (Lipinski definition) is 2. The molecular weight excluding hydrogens is 490 g/mol. The lowest BCUT2D eigenvalue weighted by atomic mass is 9.73. The maximum absolute atomic E-state index is 13.2. The molecule has 0 aromatic heterocycles. The van der Waals surface area contributed by atoms with E-state index in [0.717, 1.165) is 37.2 Å². The number of aliphatic hydroxyl groups is 1. The van der Waals surface area contributed by atoms with Crippen LogP contribution in [-0.4, -0.2) is 51.8 Å². The summed E-state index contributed by atoms with van der Waals surface area (Å²) in [5, 5.41) is 14.7. The van der Waals surface area contributed by atoms with Crippen LogP contribution in [-0.2, 0) is 34.7 Å². The third-order valence-corrected chi connectivity index (χ3v) is 8.56. The van der Waals surface area contributed by atoms with E-state index in [0.29, 0.717) is 24.9 Å². The van der Waals surface area contributed by atoms with Gasteiger partial charge in [-0.25, -0.2) is 0 Å². The number of benzene rings is 3. The molecule has 3 aliphatic heterocycles. The average molecular weight is 524 g/mol. The number of hydrogen-bond acceptors (Lipinski definition) is 5. The fourth-order valence-electron chi connectivity index (χ4n) is 6.43. The molecule has 0 bridgehead atoms. The molecule has 7 heteroatoms. The number of amides is 3. The van der Waals surface area contributed by atoms with Crippen LogP contribution < -0.4 is 5.32 Å². The van der Waals surface area contributed by atoms with Crippen LogP contribution in [0, 0.1) is 5.92 Å². The van der Waals surface area contributed by atoms with Crippen molar-refractivity contribution in [2.75, 3.05) is 13.1 Å². The Balaban J connectivity index is 1.27. The zero-order chi connectivity index (χ0) is 27.0. The van der Waals surface area contributed by atoms with Crippen molar-refractivity contribution in [1.82, 2.24) is 15.1 Å². The summed E-state index contributed by atoms with van der Waals surface area (Å²) in [7, 11) is 0. The van der Waals surface area contributed by atoms with Gasteiger partial charge in [-0.1, -0.05) is 72.8 Å². The number of likely N-dealkylation sites (tertiary alicyclic amines) is 1. The lowest BCUT2D eigenvalue weighted by Crippen LogP contribution is -2.52. The molecule has 0 saturated carbocycles. The Labute approximate surface area is 228 Å². The summed E-state index contributed by atoms with van der Waals surface area (Å²) in [5.74, 6) is -0.955. The fourth-order valence-corrected chi connectivity index (χ4v) is 6.43. The molecule has 0 radical (unpaired) electrons. The summed E-state index contributed by atoms with van der Waals surface area (Å²) >= 11 is 0. The summed E-state index contributed by atoms with van der Waals surface area (Å²) in [5.41, 5.74) is 3.59. The molecule has 3 amide bonds. The zero-order valence-electron chi connectivity index (χ0n) is 21.9. The molecular formula is C32H33N3O4. The average Bonchev–Trinajstić information content (AvgIpc) is 3.27. The smallest absolute Gasteiger partial charge is 0.255 e. The van der Waals surface area contributed by atoms with Gasteiger partial charge in [0.25, 0.3) is 5.91 Å². The van der Waals surface area contributed by atoms with E-state index in [1.165, 1.54) is 11.1 Å². The summed E-state index contributed by atoms with van der Waals surface area (Å²) in [6.45, 7) is 2.64. The molecule has 7 nitrogen and oxygen atoms in total. The van der Waals surface area contributed by atoms with Crippen molar-refractivity contribution in [3.63, 3.8) is 0 Å². The molecule has 0 spiro atoms. The molecule has 2 saturated heterocycles. The van der Waals surface area contributed by atoms with Gasteiger partial charge in [-0.2, -0.15) is 0 Å². The minimum atomic E-state index is -1.05. The van der Waals surface area contributed by atoms with E-state index < -0.39 is 17.6 Å². The predicted octanol–water partition coefficient (Wildman–Crippen LogP) is 3.40. The second-order valence-electron chi connectivity index (χ2n) is 11.1. The maximum atomic E-state index is 13.2. The normalized spacial score (nSPS) is 25.5. The second-order valence-corrected chi connectivity index (χ2v) is 11.1. The van der Waals surface area contributed by atoms with E-state index in [1.807, 2.05) is 36.4 Å². The predicted molar refractivity (Wildman–Crippen MR) is 146 cm³/mol. The molecule has 3 heterocycles. The minimum absolute atomic E-state index is 0.0428. The van der Waals surface area contributed by atoms with Crippen molar-refractivity contribution in [2.45, 2.75) is 50.4 Å². The molecule has 3 aromatic carbocycles. The lowest BCUT2D eigenvalue weighted by molar-refractivity contribution is -0.136. The number of nitrogens with zero attached hydrogens (tertiary/aromatic N) is 2. The van der Waals surface area contributed by atoms with Crippen LogP contribution in [0.1, 0.15) is 51.9 Å². The second kappa shape index (κ2) is 10.4. The van der Waals surface area contributed by atoms with Crippen molar-refractivity contribution >= 4 is 17.7 Å². The van der Waals surface area contributed by atoms with Gasteiger partial charge in [0.05, 0.1) is 5.60 Å². The Kier molecular flexibility index (Phi) is 6.79. The highest BCUT2D eigenvalue weighted by Crippen LogP contribution is 2.41. The molecule has 3 aliphatic rings.